The molecule has 140 valence electrons. The Labute approximate surface area is 153 Å². The summed E-state index contributed by atoms with van der Waals surface area (Å²) in [5.41, 5.74) is 1.59. The molecule has 1 aromatic carbocycles. The number of methoxy groups -OCH3 is 1. The van der Waals surface area contributed by atoms with Gasteiger partial charge in [0.25, 0.3) is 0 Å². The topological polar surface area (TPSA) is 63.2 Å². The molecule has 2 aromatic heterocycles. The van der Waals surface area contributed by atoms with E-state index in [9.17, 15) is 13.2 Å². The van der Waals surface area contributed by atoms with Gasteiger partial charge >= 0.3 is 6.18 Å². The van der Waals surface area contributed by atoms with Crippen LogP contribution in [0.15, 0.2) is 41.7 Å². The Balaban J connectivity index is 1.73. The maximum atomic E-state index is 13.0. The maximum Gasteiger partial charge on any atom is 0.431 e. The van der Waals surface area contributed by atoms with Crippen LogP contribution in [0.25, 0.3) is 11.0 Å². The summed E-state index contributed by atoms with van der Waals surface area (Å²) in [5.74, 6) is 0.107. The highest BCUT2D eigenvalue weighted by molar-refractivity contribution is 5.88. The number of aryl methyl sites for hydroxylation is 1. The predicted octanol–water partition coefficient (Wildman–Crippen LogP) is 4.42. The van der Waals surface area contributed by atoms with Crippen molar-refractivity contribution in [2.45, 2.75) is 31.0 Å². The molecule has 1 N–H and O–H groups in total. The van der Waals surface area contributed by atoms with Crippen LogP contribution in [0, 0.1) is 0 Å². The van der Waals surface area contributed by atoms with E-state index in [2.05, 4.69) is 26.0 Å². The lowest BCUT2D eigenvalue weighted by Crippen LogP contribution is -2.28. The Hall–Kier alpha value is -2.74. The summed E-state index contributed by atoms with van der Waals surface area (Å²) < 4.78 is 44.5. The molecule has 1 aliphatic carbocycles. The summed E-state index contributed by atoms with van der Waals surface area (Å²) in [6, 6.07) is 9.05. The smallest absolute Gasteiger partial charge is 0.380 e. The summed E-state index contributed by atoms with van der Waals surface area (Å²) in [7, 11) is 1.66. The van der Waals surface area contributed by atoms with Crippen LogP contribution in [0.1, 0.15) is 29.2 Å². The highest BCUT2D eigenvalue weighted by Gasteiger charge is 2.33. The fraction of sp³-hybridized carbons (Fsp3) is 0.316. The predicted molar refractivity (Wildman–Crippen MR) is 95.3 cm³/mol. The molecule has 27 heavy (non-hydrogen) atoms. The van der Waals surface area contributed by atoms with Crippen molar-refractivity contribution < 1.29 is 17.9 Å². The van der Waals surface area contributed by atoms with E-state index in [-0.39, 0.29) is 28.9 Å². The van der Waals surface area contributed by atoms with Crippen LogP contribution < -0.4 is 0 Å². The number of fused-ring (bicyclic) bond motifs is 2. The van der Waals surface area contributed by atoms with E-state index >= 15 is 0 Å². The van der Waals surface area contributed by atoms with E-state index < -0.39 is 11.9 Å². The molecular weight excluding hydrogens is 357 g/mol. The van der Waals surface area contributed by atoms with Gasteiger partial charge in [-0.1, -0.05) is 24.3 Å². The molecule has 1 unspecified atom stereocenters. The van der Waals surface area contributed by atoms with Crippen molar-refractivity contribution in [1.82, 2.24) is 15.0 Å². The third-order valence-corrected chi connectivity index (χ3v) is 4.88. The number of benzene rings is 1. The Bertz CT molecular complexity index is 996. The Morgan fingerprint density at radius 2 is 2.07 bits per heavy atom. The van der Waals surface area contributed by atoms with E-state index in [1.165, 1.54) is 11.9 Å². The summed E-state index contributed by atoms with van der Waals surface area (Å²) in [6.07, 6.45) is 0.168. The molecule has 2 atom stereocenters. The monoisotopic (exact) mass is 374 g/mol. The first-order valence-electron chi connectivity index (χ1n) is 8.53. The van der Waals surface area contributed by atoms with Gasteiger partial charge in [0.2, 0.25) is 0 Å². The summed E-state index contributed by atoms with van der Waals surface area (Å²) in [4.78, 5) is 14.6. The van der Waals surface area contributed by atoms with Gasteiger partial charge in [-0.05, 0) is 30.0 Å². The number of hydrogen-bond acceptors (Lipinski definition) is 4. The van der Waals surface area contributed by atoms with Crippen molar-refractivity contribution in [3.05, 3.63) is 53.5 Å². The minimum atomic E-state index is -4.48. The molecule has 0 radical (unpaired) electrons. The summed E-state index contributed by atoms with van der Waals surface area (Å²) >= 11 is 0. The van der Waals surface area contributed by atoms with Crippen LogP contribution in [0.4, 0.5) is 19.0 Å². The average Bonchev–Trinajstić information content (AvgIpc) is 3.11. The van der Waals surface area contributed by atoms with Gasteiger partial charge in [-0.15, -0.1) is 0 Å². The molecule has 0 aliphatic heterocycles. The van der Waals surface area contributed by atoms with Crippen LogP contribution in [-0.2, 0) is 17.3 Å². The molecule has 0 fully saturated rings. The second-order valence-corrected chi connectivity index (χ2v) is 6.46. The zero-order valence-corrected chi connectivity index (χ0v) is 14.5. The molecule has 4 rings (SSSR count). The molecule has 3 aromatic rings. The number of aliphatic imine (C=N–C) groups is 1. The van der Waals surface area contributed by atoms with Gasteiger partial charge in [0.15, 0.2) is 5.82 Å². The summed E-state index contributed by atoms with van der Waals surface area (Å²) in [5, 5.41) is 0.235. The molecule has 0 amide bonds. The number of halogens is 3. The van der Waals surface area contributed by atoms with E-state index in [0.29, 0.717) is 0 Å². The van der Waals surface area contributed by atoms with Gasteiger partial charge in [-0.3, -0.25) is 0 Å². The van der Waals surface area contributed by atoms with Crippen molar-refractivity contribution >= 4 is 23.1 Å². The number of hydrogen-bond donors (Lipinski definition) is 1. The molecule has 0 saturated carbocycles. The van der Waals surface area contributed by atoms with Crippen LogP contribution in [0.3, 0.4) is 0 Å². The number of aromatic nitrogens is 3. The lowest BCUT2D eigenvalue weighted by molar-refractivity contribution is -0.140. The van der Waals surface area contributed by atoms with E-state index in [1.54, 1.807) is 13.3 Å². The highest BCUT2D eigenvalue weighted by atomic mass is 19.4. The number of rotatable bonds is 3. The lowest BCUT2D eigenvalue weighted by atomic mass is 9.81. The van der Waals surface area contributed by atoms with Gasteiger partial charge in [0, 0.05) is 19.2 Å². The Morgan fingerprint density at radius 3 is 2.85 bits per heavy atom. The maximum absolute atomic E-state index is 13.0. The van der Waals surface area contributed by atoms with E-state index in [1.807, 2.05) is 18.2 Å². The van der Waals surface area contributed by atoms with Crippen molar-refractivity contribution in [3.8, 4) is 0 Å². The van der Waals surface area contributed by atoms with Crippen molar-refractivity contribution in [1.29, 1.82) is 0 Å². The SMILES string of the molecule is CO[C@H]1CCc2ccccc2C1/C=N\c1ncnc2[nH]c(C(F)(F)F)cc12. The first-order valence-corrected chi connectivity index (χ1v) is 8.53. The largest absolute Gasteiger partial charge is 0.431 e. The first-order chi connectivity index (χ1) is 13.0. The molecule has 2 heterocycles. The Morgan fingerprint density at radius 1 is 1.26 bits per heavy atom. The molecule has 0 spiro atoms. The van der Waals surface area contributed by atoms with E-state index in [0.717, 1.165) is 24.5 Å². The van der Waals surface area contributed by atoms with Crippen molar-refractivity contribution in [3.63, 3.8) is 0 Å². The molecule has 5 nitrogen and oxygen atoms in total. The highest BCUT2D eigenvalue weighted by Crippen LogP contribution is 2.35. The summed E-state index contributed by atoms with van der Waals surface area (Å²) in [6.45, 7) is 0. The molecule has 0 saturated heterocycles. The van der Waals surface area contributed by atoms with Gasteiger partial charge < -0.3 is 9.72 Å². The third kappa shape index (κ3) is 3.32. The van der Waals surface area contributed by atoms with Gasteiger partial charge in [0.1, 0.15) is 17.7 Å². The zero-order valence-electron chi connectivity index (χ0n) is 14.5. The Kier molecular flexibility index (Phi) is 4.43. The first kappa shape index (κ1) is 17.7. The van der Waals surface area contributed by atoms with Gasteiger partial charge in [0.05, 0.1) is 11.5 Å². The van der Waals surface area contributed by atoms with Gasteiger partial charge in [-0.25, -0.2) is 15.0 Å². The fourth-order valence-electron chi connectivity index (χ4n) is 3.54. The second-order valence-electron chi connectivity index (χ2n) is 6.46. The number of alkyl halides is 3. The van der Waals surface area contributed by atoms with Crippen LogP contribution in [-0.4, -0.2) is 34.4 Å². The zero-order chi connectivity index (χ0) is 19.0. The number of aromatic amines is 1. The average molecular weight is 374 g/mol. The minimum Gasteiger partial charge on any atom is -0.380 e. The number of H-pyrrole nitrogens is 1. The molecule has 1 aliphatic rings. The van der Waals surface area contributed by atoms with Crippen molar-refractivity contribution in [2.75, 3.05) is 7.11 Å². The van der Waals surface area contributed by atoms with Crippen LogP contribution in [0.2, 0.25) is 0 Å². The number of ether oxygens (including phenoxy) is 1. The molecular formula is C19H17F3N4O. The molecule has 0 bridgehead atoms. The number of nitrogens with zero attached hydrogens (tertiary/aromatic N) is 3. The van der Waals surface area contributed by atoms with Crippen LogP contribution in [0.5, 0.6) is 0 Å². The normalized spacial score (nSPS) is 20.3. The third-order valence-electron chi connectivity index (χ3n) is 4.88. The van der Waals surface area contributed by atoms with Crippen molar-refractivity contribution in [2.24, 2.45) is 4.99 Å². The second kappa shape index (κ2) is 6.77. The molecule has 8 heteroatoms. The van der Waals surface area contributed by atoms with Gasteiger partial charge in [-0.2, -0.15) is 13.2 Å². The quantitative estimate of drug-likeness (QED) is 0.690. The fourth-order valence-corrected chi connectivity index (χ4v) is 3.54. The number of nitrogens with one attached hydrogen (secondary N) is 1. The lowest BCUT2D eigenvalue weighted by Gasteiger charge is -2.30. The van der Waals surface area contributed by atoms with E-state index in [4.69, 9.17) is 4.74 Å². The van der Waals surface area contributed by atoms with Crippen LogP contribution >= 0.6 is 0 Å². The minimum absolute atomic E-state index is 0.0436. The standard InChI is InChI=1S/C19H17F3N4O/c1-27-15-7-6-11-4-2-3-5-12(11)14(15)9-23-17-13-8-16(19(20,21)22)26-18(13)25-10-24-17/h2-5,8-10,14-15H,6-7H2,1H3,(H,24,25,26)/b23-9-/t14?,15-/m0/s1.